The van der Waals surface area contributed by atoms with Crippen LogP contribution in [0.2, 0.25) is 0 Å². The van der Waals surface area contributed by atoms with Gasteiger partial charge in [0.15, 0.2) is 0 Å². The topological polar surface area (TPSA) is 46.2 Å². The molecule has 0 amide bonds. The molecule has 3 heteroatoms. The lowest BCUT2D eigenvalue weighted by Crippen LogP contribution is -2.20. The summed E-state index contributed by atoms with van der Waals surface area (Å²) in [5, 5.41) is 9.07. The number of hydrogen-bond donors (Lipinski definition) is 2. The molecule has 0 spiro atoms. The molecular weight excluding hydrogens is 146 g/mol. The van der Waals surface area contributed by atoms with Gasteiger partial charge in [0.2, 0.25) is 0 Å². The predicted octanol–water partition coefficient (Wildman–Crippen LogP) is -0.299. The summed E-state index contributed by atoms with van der Waals surface area (Å²) in [7, 11) is 0. The molecule has 0 aromatic carbocycles. The lowest BCUT2D eigenvalue weighted by Gasteiger charge is -1.97. The second kappa shape index (κ2) is 3.59. The minimum absolute atomic E-state index is 0.339. The van der Waals surface area contributed by atoms with Gasteiger partial charge in [-0.3, -0.25) is 0 Å². The van der Waals surface area contributed by atoms with E-state index in [1.807, 2.05) is 0 Å². The van der Waals surface area contributed by atoms with E-state index in [1.54, 1.807) is 0 Å². The van der Waals surface area contributed by atoms with Gasteiger partial charge < -0.3 is 10.8 Å². The highest BCUT2D eigenvalue weighted by Gasteiger charge is 1.92. The Morgan fingerprint density at radius 1 is 1.83 bits per heavy atom. The molecule has 0 rings (SSSR count). The summed E-state index contributed by atoms with van der Waals surface area (Å²) in [6.07, 6.45) is -0.370. The third-order valence-electron chi connectivity index (χ3n) is 0.450. The largest absolute Gasteiger partial charge is 0.391 e. The number of nitrogens with two attached hydrogens (primary N) is 1. The van der Waals surface area contributed by atoms with Crippen LogP contribution in [0.4, 0.5) is 0 Å². The van der Waals surface area contributed by atoms with Gasteiger partial charge in [0.25, 0.3) is 0 Å². The summed E-state index contributed by atoms with van der Waals surface area (Å²) in [6.45, 7) is 0.339. The van der Waals surface area contributed by atoms with Gasteiger partial charge in [-0.1, -0.05) is 15.9 Å². The number of halogens is 1. The first-order valence-electron chi connectivity index (χ1n) is 1.75. The molecule has 1 atom stereocenters. The smallest absolute Gasteiger partial charge is 0.0759 e. The first-order chi connectivity index (χ1) is 2.81. The molecule has 0 saturated carbocycles. The van der Waals surface area contributed by atoms with Crippen molar-refractivity contribution in [2.24, 2.45) is 5.73 Å². The van der Waals surface area contributed by atoms with E-state index < -0.39 is 0 Å². The van der Waals surface area contributed by atoms with Crippen LogP contribution in [0.1, 0.15) is 0 Å². The van der Waals surface area contributed by atoms with E-state index in [-0.39, 0.29) is 6.10 Å². The number of aliphatic hydroxyl groups excluding tert-OH is 1. The van der Waals surface area contributed by atoms with Crippen LogP contribution in [0.3, 0.4) is 0 Å². The van der Waals surface area contributed by atoms with E-state index in [2.05, 4.69) is 15.9 Å². The minimum Gasteiger partial charge on any atom is -0.391 e. The van der Waals surface area contributed by atoms with Crippen molar-refractivity contribution in [1.82, 2.24) is 0 Å². The van der Waals surface area contributed by atoms with Crippen LogP contribution in [0.25, 0.3) is 0 Å². The molecule has 38 valence electrons. The van der Waals surface area contributed by atoms with Crippen molar-refractivity contribution in [2.45, 2.75) is 6.10 Å². The van der Waals surface area contributed by atoms with Gasteiger partial charge in [0.05, 0.1) is 6.10 Å². The molecule has 0 aromatic rings. The summed E-state index contributed by atoms with van der Waals surface area (Å²) in [5.41, 5.74) is 5.00. The third kappa shape index (κ3) is 2.63. The van der Waals surface area contributed by atoms with Gasteiger partial charge in [-0.05, 0) is 0 Å². The average Bonchev–Trinajstić information content (AvgIpc) is 1.65. The quantitative estimate of drug-likeness (QED) is 0.536. The zero-order valence-corrected chi connectivity index (χ0v) is 4.98. The van der Waals surface area contributed by atoms with Crippen LogP contribution in [0.5, 0.6) is 0 Å². The Kier molecular flexibility index (Phi) is 3.82. The Labute approximate surface area is 45.5 Å². The fourth-order valence-corrected chi connectivity index (χ4v) is 0.327. The highest BCUT2D eigenvalue weighted by atomic mass is 79.9. The molecule has 0 unspecified atom stereocenters. The van der Waals surface area contributed by atoms with E-state index in [4.69, 9.17) is 10.8 Å². The molecule has 0 bridgehead atoms. The summed E-state index contributed by atoms with van der Waals surface area (Å²) >= 11 is 3.04. The van der Waals surface area contributed by atoms with Gasteiger partial charge in [0.1, 0.15) is 0 Å². The van der Waals surface area contributed by atoms with Crippen molar-refractivity contribution in [2.75, 3.05) is 11.9 Å². The van der Waals surface area contributed by atoms with Gasteiger partial charge in [0, 0.05) is 11.9 Å². The van der Waals surface area contributed by atoms with E-state index >= 15 is 0 Å². The van der Waals surface area contributed by atoms with Crippen LogP contribution in [0.15, 0.2) is 0 Å². The lowest BCUT2D eigenvalue weighted by molar-refractivity contribution is 0.209. The van der Waals surface area contributed by atoms with Crippen molar-refractivity contribution in [3.63, 3.8) is 0 Å². The Morgan fingerprint density at radius 3 is 2.33 bits per heavy atom. The van der Waals surface area contributed by atoms with Crippen LogP contribution in [-0.2, 0) is 0 Å². The molecule has 0 aliphatic carbocycles. The summed E-state index contributed by atoms with van der Waals surface area (Å²) in [4.78, 5) is 0. The highest BCUT2D eigenvalue weighted by Crippen LogP contribution is 1.84. The summed E-state index contributed by atoms with van der Waals surface area (Å²) in [6, 6.07) is 0. The number of alkyl halides is 1. The second-order valence-electron chi connectivity index (χ2n) is 1.04. The highest BCUT2D eigenvalue weighted by molar-refractivity contribution is 9.09. The molecule has 0 heterocycles. The third-order valence-corrected chi connectivity index (χ3v) is 1.20. The average molecular weight is 154 g/mol. The molecule has 6 heavy (non-hydrogen) atoms. The van der Waals surface area contributed by atoms with Gasteiger partial charge in [-0.25, -0.2) is 0 Å². The van der Waals surface area contributed by atoms with Crippen LogP contribution in [0, 0.1) is 0 Å². The maximum atomic E-state index is 8.49. The molecule has 3 N–H and O–H groups in total. The Morgan fingerprint density at radius 2 is 2.33 bits per heavy atom. The first-order valence-corrected chi connectivity index (χ1v) is 2.87. The Bertz CT molecular complexity index is 30.0. The molecule has 0 radical (unpaired) electrons. The van der Waals surface area contributed by atoms with Crippen molar-refractivity contribution < 1.29 is 5.11 Å². The van der Waals surface area contributed by atoms with Crippen molar-refractivity contribution in [3.05, 3.63) is 0 Å². The van der Waals surface area contributed by atoms with E-state index in [1.165, 1.54) is 0 Å². The maximum absolute atomic E-state index is 8.49. The zero-order valence-electron chi connectivity index (χ0n) is 3.39. The van der Waals surface area contributed by atoms with Crippen LogP contribution in [-0.4, -0.2) is 23.1 Å². The maximum Gasteiger partial charge on any atom is 0.0759 e. The number of hydrogen-bond acceptors (Lipinski definition) is 2. The Hall–Kier alpha value is 0.400. The summed E-state index contributed by atoms with van der Waals surface area (Å²) < 4.78 is 0. The van der Waals surface area contributed by atoms with Crippen molar-refractivity contribution in [3.8, 4) is 0 Å². The minimum atomic E-state index is -0.370. The van der Waals surface area contributed by atoms with E-state index in [0.29, 0.717) is 11.9 Å². The summed E-state index contributed by atoms with van der Waals surface area (Å²) in [5.74, 6) is 0. The van der Waals surface area contributed by atoms with Crippen molar-refractivity contribution >= 4 is 15.9 Å². The van der Waals surface area contributed by atoms with E-state index in [0.717, 1.165) is 0 Å². The van der Waals surface area contributed by atoms with E-state index in [9.17, 15) is 0 Å². The predicted molar refractivity (Wildman–Crippen MR) is 28.9 cm³/mol. The van der Waals surface area contributed by atoms with Crippen LogP contribution < -0.4 is 5.73 Å². The molecule has 0 aliphatic rings. The molecular formula is C3H8BrNO. The molecule has 2 nitrogen and oxygen atoms in total. The normalized spacial score (nSPS) is 14.5. The Balaban J connectivity index is 2.75. The fourth-order valence-electron chi connectivity index (χ4n) is 0.0630. The lowest BCUT2D eigenvalue weighted by atomic mass is 10.4. The first kappa shape index (κ1) is 6.40. The zero-order chi connectivity index (χ0) is 4.99. The number of aliphatic hydroxyl groups is 1. The molecule has 0 aliphatic heterocycles. The van der Waals surface area contributed by atoms with Crippen molar-refractivity contribution in [1.29, 1.82) is 0 Å². The standard InChI is InChI=1S/C3H8BrNO/c4-1-3(6)2-5/h3,6H,1-2,5H2/t3-/m0/s1. The molecule has 0 fully saturated rings. The van der Waals surface area contributed by atoms with Gasteiger partial charge in [-0.15, -0.1) is 0 Å². The fraction of sp³-hybridized carbons (Fsp3) is 1.00. The second-order valence-corrected chi connectivity index (χ2v) is 1.69. The number of rotatable bonds is 2. The monoisotopic (exact) mass is 153 g/mol. The SMILES string of the molecule is NC[C@@H](O)CBr. The van der Waals surface area contributed by atoms with Gasteiger partial charge >= 0.3 is 0 Å². The van der Waals surface area contributed by atoms with Gasteiger partial charge in [-0.2, -0.15) is 0 Å². The molecule has 0 aromatic heterocycles. The van der Waals surface area contributed by atoms with Crippen LogP contribution >= 0.6 is 15.9 Å². The molecule has 0 saturated heterocycles.